The van der Waals surface area contributed by atoms with E-state index in [0.717, 1.165) is 11.5 Å². The molecule has 100 valence electrons. The lowest BCUT2D eigenvalue weighted by molar-refractivity contribution is 0.588. The molecular formula is C10H14ClN3O2S2. The number of rotatable bonds is 5. The normalized spacial score (nSPS) is 13.1. The molecule has 0 radical (unpaired) electrons. The summed E-state index contributed by atoms with van der Waals surface area (Å²) >= 11 is 6.88. The molecule has 1 rings (SSSR count). The second-order valence-corrected chi connectivity index (χ2v) is 7.43. The number of nitriles is 1. The van der Waals surface area contributed by atoms with Crippen LogP contribution in [0, 0.1) is 11.3 Å². The van der Waals surface area contributed by atoms with Gasteiger partial charge in [0.25, 0.3) is 0 Å². The molecule has 0 aliphatic rings. The molecule has 1 unspecified atom stereocenters. The van der Waals surface area contributed by atoms with Gasteiger partial charge in [0.2, 0.25) is 0 Å². The third-order valence-corrected chi connectivity index (χ3v) is 5.84. The Bertz CT molecular complexity index is 562. The van der Waals surface area contributed by atoms with Crippen molar-refractivity contribution in [1.29, 1.82) is 5.26 Å². The molecule has 1 atom stereocenters. The number of aromatic nitrogens is 1. The van der Waals surface area contributed by atoms with Crippen LogP contribution >= 0.6 is 23.1 Å². The van der Waals surface area contributed by atoms with E-state index in [9.17, 15) is 8.42 Å². The number of halogens is 1. The summed E-state index contributed by atoms with van der Waals surface area (Å²) in [6.07, 6.45) is 0. The van der Waals surface area contributed by atoms with Crippen molar-refractivity contribution in [2.45, 2.75) is 19.9 Å². The maximum atomic E-state index is 11.6. The summed E-state index contributed by atoms with van der Waals surface area (Å²) in [6, 6.07) is 1.74. The molecule has 0 N–H and O–H groups in total. The molecule has 18 heavy (non-hydrogen) atoms. The van der Waals surface area contributed by atoms with Gasteiger partial charge in [0, 0.05) is 18.8 Å². The smallest absolute Gasteiger partial charge is 0.162 e. The van der Waals surface area contributed by atoms with Crippen LogP contribution in [0.2, 0.25) is 5.15 Å². The van der Waals surface area contributed by atoms with E-state index in [0.29, 0.717) is 10.6 Å². The van der Waals surface area contributed by atoms with Gasteiger partial charge in [-0.3, -0.25) is 0 Å². The minimum atomic E-state index is -3.06. The standard InChI is InChI=1S/C10H14ClN3O2S2/c1-4-18(15,16)6-7(2)14(3)10-8(5-12)9(11)13-17-10/h7H,4,6H2,1-3H3. The van der Waals surface area contributed by atoms with Gasteiger partial charge < -0.3 is 4.90 Å². The largest absolute Gasteiger partial charge is 0.360 e. The fourth-order valence-electron chi connectivity index (χ4n) is 1.39. The van der Waals surface area contributed by atoms with Gasteiger partial charge in [-0.05, 0) is 18.5 Å². The van der Waals surface area contributed by atoms with Crippen LogP contribution in [0.1, 0.15) is 19.4 Å². The third-order valence-electron chi connectivity index (χ3n) is 2.66. The van der Waals surface area contributed by atoms with Crippen molar-refractivity contribution in [1.82, 2.24) is 4.37 Å². The molecule has 0 bridgehead atoms. The average molecular weight is 308 g/mol. The molecular weight excluding hydrogens is 294 g/mol. The molecule has 1 heterocycles. The first kappa shape index (κ1) is 15.2. The Labute approximate surface area is 116 Å². The molecule has 0 aliphatic heterocycles. The van der Waals surface area contributed by atoms with Crippen LogP contribution in [-0.2, 0) is 9.84 Å². The second kappa shape index (κ2) is 5.87. The van der Waals surface area contributed by atoms with Gasteiger partial charge in [-0.2, -0.15) is 9.64 Å². The average Bonchev–Trinajstić information content (AvgIpc) is 2.68. The van der Waals surface area contributed by atoms with Crippen molar-refractivity contribution < 1.29 is 8.42 Å². The highest BCUT2D eigenvalue weighted by Gasteiger charge is 2.22. The van der Waals surface area contributed by atoms with Gasteiger partial charge in [0.05, 0.1) is 5.75 Å². The summed E-state index contributed by atoms with van der Waals surface area (Å²) in [5.74, 6) is 0.153. The molecule has 0 aliphatic carbocycles. The van der Waals surface area contributed by atoms with Crippen LogP contribution in [0.25, 0.3) is 0 Å². The molecule has 0 fully saturated rings. The summed E-state index contributed by atoms with van der Waals surface area (Å²) in [5, 5.41) is 9.75. The van der Waals surface area contributed by atoms with Crippen molar-refractivity contribution >= 4 is 38.0 Å². The first-order valence-electron chi connectivity index (χ1n) is 5.31. The van der Waals surface area contributed by atoms with Gasteiger partial charge >= 0.3 is 0 Å². The van der Waals surface area contributed by atoms with Crippen LogP contribution in [0.15, 0.2) is 0 Å². The zero-order valence-corrected chi connectivity index (χ0v) is 12.7. The number of hydrogen-bond acceptors (Lipinski definition) is 6. The maximum absolute atomic E-state index is 11.6. The van der Waals surface area contributed by atoms with Crippen molar-refractivity contribution in [3.05, 3.63) is 10.7 Å². The highest BCUT2D eigenvalue weighted by molar-refractivity contribution is 7.91. The minimum absolute atomic E-state index is 0.0421. The predicted molar refractivity (Wildman–Crippen MR) is 74.0 cm³/mol. The predicted octanol–water partition coefficient (Wildman–Crippen LogP) is 1.93. The van der Waals surface area contributed by atoms with E-state index in [2.05, 4.69) is 4.37 Å². The Kier molecular flexibility index (Phi) is 4.96. The molecule has 5 nitrogen and oxygen atoms in total. The van der Waals surface area contributed by atoms with E-state index in [-0.39, 0.29) is 22.7 Å². The Balaban J connectivity index is 2.94. The second-order valence-electron chi connectivity index (χ2n) is 3.92. The van der Waals surface area contributed by atoms with Gasteiger partial charge in [0.15, 0.2) is 15.0 Å². The van der Waals surface area contributed by atoms with Crippen molar-refractivity contribution in [2.24, 2.45) is 0 Å². The van der Waals surface area contributed by atoms with E-state index >= 15 is 0 Å². The molecule has 0 aromatic carbocycles. The zero-order valence-electron chi connectivity index (χ0n) is 10.3. The van der Waals surface area contributed by atoms with Gasteiger partial charge in [-0.15, -0.1) is 0 Å². The van der Waals surface area contributed by atoms with E-state index in [1.54, 1.807) is 25.8 Å². The summed E-state index contributed by atoms with van der Waals surface area (Å²) in [6.45, 7) is 3.41. The van der Waals surface area contributed by atoms with Crippen molar-refractivity contribution in [3.63, 3.8) is 0 Å². The van der Waals surface area contributed by atoms with E-state index in [1.165, 1.54) is 0 Å². The van der Waals surface area contributed by atoms with Crippen LogP contribution in [-0.4, -0.2) is 37.4 Å². The maximum Gasteiger partial charge on any atom is 0.162 e. The Morgan fingerprint density at radius 2 is 2.22 bits per heavy atom. The summed E-state index contributed by atoms with van der Waals surface area (Å²) in [7, 11) is -1.32. The summed E-state index contributed by atoms with van der Waals surface area (Å²) in [4.78, 5) is 1.73. The fourth-order valence-corrected chi connectivity index (χ4v) is 3.68. The van der Waals surface area contributed by atoms with Crippen LogP contribution in [0.3, 0.4) is 0 Å². The molecule has 0 amide bonds. The number of hydrogen-bond donors (Lipinski definition) is 0. The van der Waals surface area contributed by atoms with Crippen LogP contribution < -0.4 is 4.90 Å². The quantitative estimate of drug-likeness (QED) is 0.831. The van der Waals surface area contributed by atoms with Crippen molar-refractivity contribution in [2.75, 3.05) is 23.5 Å². The molecule has 0 spiro atoms. The van der Waals surface area contributed by atoms with E-state index in [4.69, 9.17) is 16.9 Å². The molecule has 1 aromatic heterocycles. The molecule has 0 saturated carbocycles. The SMILES string of the molecule is CCS(=O)(=O)CC(C)N(C)c1snc(Cl)c1C#N. The Morgan fingerprint density at radius 3 is 2.72 bits per heavy atom. The topological polar surface area (TPSA) is 74.1 Å². The van der Waals surface area contributed by atoms with Crippen LogP contribution in [0.5, 0.6) is 0 Å². The zero-order chi connectivity index (χ0) is 13.9. The first-order chi connectivity index (χ1) is 8.32. The summed E-state index contributed by atoms with van der Waals surface area (Å²) in [5.41, 5.74) is 0.296. The van der Waals surface area contributed by atoms with E-state index < -0.39 is 9.84 Å². The number of sulfone groups is 1. The van der Waals surface area contributed by atoms with E-state index in [1.807, 2.05) is 6.07 Å². The van der Waals surface area contributed by atoms with Gasteiger partial charge in [-0.25, -0.2) is 8.42 Å². The highest BCUT2D eigenvalue weighted by atomic mass is 35.5. The lowest BCUT2D eigenvalue weighted by Gasteiger charge is -2.24. The fraction of sp³-hybridized carbons (Fsp3) is 0.600. The molecule has 0 saturated heterocycles. The first-order valence-corrected chi connectivity index (χ1v) is 8.28. The molecule has 1 aromatic rings. The third kappa shape index (κ3) is 3.34. The molecule has 8 heteroatoms. The lowest BCUT2D eigenvalue weighted by Crippen LogP contribution is -2.35. The minimum Gasteiger partial charge on any atom is -0.360 e. The Hall–Kier alpha value is -0.840. The van der Waals surface area contributed by atoms with Crippen molar-refractivity contribution in [3.8, 4) is 6.07 Å². The van der Waals surface area contributed by atoms with Crippen LogP contribution in [0.4, 0.5) is 5.00 Å². The summed E-state index contributed by atoms with van der Waals surface area (Å²) < 4.78 is 27.1. The Morgan fingerprint density at radius 1 is 1.61 bits per heavy atom. The lowest BCUT2D eigenvalue weighted by atomic mass is 10.3. The number of nitrogens with zero attached hydrogens (tertiary/aromatic N) is 3. The highest BCUT2D eigenvalue weighted by Crippen LogP contribution is 2.31. The van der Waals surface area contributed by atoms with Gasteiger partial charge in [0.1, 0.15) is 16.6 Å². The van der Waals surface area contributed by atoms with Gasteiger partial charge in [-0.1, -0.05) is 18.5 Å². The number of anilines is 1. The monoisotopic (exact) mass is 307 g/mol.